The minimum Gasteiger partial charge on any atom is -0.507 e. The van der Waals surface area contributed by atoms with Crippen LogP contribution in [0.4, 0.5) is 26.7 Å². The van der Waals surface area contributed by atoms with Crippen molar-refractivity contribution in [3.63, 3.8) is 0 Å². The van der Waals surface area contributed by atoms with Gasteiger partial charge in [0.15, 0.2) is 11.3 Å². The Balaban J connectivity index is 0.815. The van der Waals surface area contributed by atoms with Crippen LogP contribution in [0, 0.1) is 36.5 Å². The molecule has 4 bridgehead atoms. The molecule has 5 heterocycles. The van der Waals surface area contributed by atoms with Gasteiger partial charge in [0.05, 0.1) is 61.9 Å². The number of primary amides is 1. The number of urea groups is 1. The highest BCUT2D eigenvalue weighted by atomic mass is 16.7. The first-order chi connectivity index (χ1) is 56.1. The molecule has 10 amide bonds. The summed E-state index contributed by atoms with van der Waals surface area (Å²) in [6.45, 7) is 17.0. The van der Waals surface area contributed by atoms with E-state index in [0.29, 0.717) is 68.7 Å². The zero-order valence-electron chi connectivity index (χ0n) is 68.0. The molecule has 35 nitrogen and oxygen atoms in total. The first kappa shape index (κ1) is 90.4. The van der Waals surface area contributed by atoms with Crippen molar-refractivity contribution in [1.82, 2.24) is 36.5 Å². The van der Waals surface area contributed by atoms with E-state index in [1.165, 1.54) is 71.3 Å². The summed E-state index contributed by atoms with van der Waals surface area (Å²) < 4.78 is 46.9. The van der Waals surface area contributed by atoms with E-state index in [0.717, 1.165) is 11.2 Å². The van der Waals surface area contributed by atoms with Crippen molar-refractivity contribution >= 4 is 104 Å². The number of allylic oxidation sites excluding steroid dienone is 2. The number of carbonyl (C=O) groups is 11. The van der Waals surface area contributed by atoms with Crippen molar-refractivity contribution in [3.8, 4) is 28.7 Å². The SMILES string of the molecule is CO[C@H]1/C=C/O[C@@]2(C)Oc3c(C)c(O)c4c(=O)c(c5oc6cc(N7CCC(NC(=O)OCc8ccc(NC(=O)[C@H](CCCNC(N)=O)NC(=O)[C@@H](NC(=O)CCCCCNC(=O)COCCOCCN9C(=O)C=CC9=O)C(C)C)cc8)CC7)cc(O)c6nc-5c4c3C2=O)NC(=O)/C(C)=C\C=C\[C@H](C)[C@H](O)[C@@H](C)[C@@H](O)[C@@H](C)[C@H](OC(C)=O)[C@@H]1C. The number of nitrogens with one attached hydrogen (secondary N) is 7. The highest BCUT2D eigenvalue weighted by Gasteiger charge is 2.50. The van der Waals surface area contributed by atoms with Crippen LogP contribution in [0.25, 0.3) is 33.3 Å². The van der Waals surface area contributed by atoms with Gasteiger partial charge >= 0.3 is 23.9 Å². The van der Waals surface area contributed by atoms with Gasteiger partial charge in [-0.3, -0.25) is 52.8 Å². The zero-order chi connectivity index (χ0) is 86.0. The molecule has 0 spiro atoms. The first-order valence-electron chi connectivity index (χ1n) is 39.4. The van der Waals surface area contributed by atoms with Crippen LogP contribution >= 0.6 is 0 Å². The number of hydrogen-bond donors (Lipinski definition) is 12. The third kappa shape index (κ3) is 22.6. The molecule has 1 fully saturated rings. The summed E-state index contributed by atoms with van der Waals surface area (Å²) in [5.74, 6) is -11.9. The van der Waals surface area contributed by atoms with Crippen LogP contribution in [0.1, 0.15) is 135 Å². The summed E-state index contributed by atoms with van der Waals surface area (Å²) in [5, 5.41) is 65.7. The van der Waals surface area contributed by atoms with Gasteiger partial charge in [-0.1, -0.05) is 78.3 Å². The molecule has 6 aliphatic rings. The molecular formula is C83H107N11O24. The molecule has 0 aromatic heterocycles. The highest BCUT2D eigenvalue weighted by molar-refractivity contribution is 6.22. The number of nitrogens with two attached hydrogens (primary N) is 1. The number of ether oxygens (including phenoxy) is 7. The Labute approximate surface area is 681 Å². The molecule has 13 N–H and O–H groups in total. The van der Waals surface area contributed by atoms with Crippen LogP contribution in [0.2, 0.25) is 0 Å². The van der Waals surface area contributed by atoms with E-state index >= 15 is 9.59 Å². The fourth-order valence-electron chi connectivity index (χ4n) is 14.5. The number of benzene rings is 4. The van der Waals surface area contributed by atoms with E-state index in [4.69, 9.17) is 48.3 Å². The first-order valence-corrected chi connectivity index (χ1v) is 39.4. The number of aliphatic hydroxyl groups excluding tert-OH is 2. The molecule has 638 valence electrons. The Morgan fingerprint density at radius 3 is 2.18 bits per heavy atom. The van der Waals surface area contributed by atoms with Crippen LogP contribution in [0.5, 0.6) is 17.2 Å². The maximum Gasteiger partial charge on any atom is 0.407 e. The van der Waals surface area contributed by atoms with E-state index in [-0.39, 0.29) is 128 Å². The van der Waals surface area contributed by atoms with Gasteiger partial charge in [-0.05, 0) is 82.1 Å². The summed E-state index contributed by atoms with van der Waals surface area (Å²) >= 11 is 0. The van der Waals surface area contributed by atoms with E-state index in [1.54, 1.807) is 78.0 Å². The normalized spacial score (nSPS) is 22.7. The maximum absolute atomic E-state index is 15.2. The molecule has 5 aliphatic heterocycles. The number of aliphatic hydroxyl groups is 2. The van der Waals surface area contributed by atoms with Gasteiger partial charge in [-0.25, -0.2) is 14.6 Å². The molecule has 0 unspecified atom stereocenters. The lowest BCUT2D eigenvalue weighted by Gasteiger charge is -2.38. The number of imide groups is 1. The average molecular weight is 1640 g/mol. The van der Waals surface area contributed by atoms with Crippen molar-refractivity contribution in [2.75, 3.05) is 81.8 Å². The monoisotopic (exact) mass is 1640 g/mol. The zero-order valence-corrected chi connectivity index (χ0v) is 68.0. The molecule has 9 rings (SSSR count). The second-order valence-corrected chi connectivity index (χ2v) is 30.5. The topological polar surface area (TPSA) is 493 Å². The molecule has 0 saturated carbocycles. The van der Waals surface area contributed by atoms with Crippen molar-refractivity contribution in [2.45, 2.75) is 176 Å². The fourth-order valence-corrected chi connectivity index (χ4v) is 14.5. The van der Waals surface area contributed by atoms with Crippen molar-refractivity contribution in [2.24, 2.45) is 35.3 Å². The number of piperidine rings is 1. The number of hydrogen-bond acceptors (Lipinski definition) is 26. The van der Waals surface area contributed by atoms with E-state index in [9.17, 15) is 68.4 Å². The number of ketones is 1. The number of rotatable bonds is 30. The number of alkyl carbamates (subject to hydrolysis) is 1. The van der Waals surface area contributed by atoms with E-state index in [2.05, 4.69) is 37.2 Å². The van der Waals surface area contributed by atoms with Gasteiger partial charge < -0.3 is 106 Å². The Hall–Kier alpha value is -11.5. The third-order valence-corrected chi connectivity index (χ3v) is 21.4. The summed E-state index contributed by atoms with van der Waals surface area (Å²) in [7, 11) is 1.41. The fraction of sp³-hybridized carbons (Fsp3) is 0.506. The minimum atomic E-state index is -2.18. The minimum absolute atomic E-state index is 0.0408. The number of phenolic OH excluding ortho intramolecular Hbond substituents is 2. The number of methoxy groups -OCH3 is 1. The van der Waals surface area contributed by atoms with Gasteiger partial charge in [0.1, 0.15) is 65.5 Å². The number of Topliss-reactive ketones (excluding diaryl/α,β-unsaturated/α-hetero) is 1. The second kappa shape index (κ2) is 41.0. The lowest BCUT2D eigenvalue weighted by atomic mass is 9.78. The van der Waals surface area contributed by atoms with Crippen LogP contribution < -0.4 is 58.0 Å². The number of fused-ring (bicyclic) bond motifs is 2. The molecule has 3 aromatic carbocycles. The van der Waals surface area contributed by atoms with Crippen LogP contribution in [0.15, 0.2) is 93.9 Å². The summed E-state index contributed by atoms with van der Waals surface area (Å²) in [5.41, 5.74) is 4.51. The molecule has 35 heteroatoms. The molecule has 1 aliphatic carbocycles. The Bertz CT molecular complexity index is 4690. The third-order valence-electron chi connectivity index (χ3n) is 21.4. The molecule has 0 radical (unpaired) electrons. The van der Waals surface area contributed by atoms with E-state index < -0.39 is 159 Å². The lowest BCUT2D eigenvalue weighted by molar-refractivity contribution is -0.160. The summed E-state index contributed by atoms with van der Waals surface area (Å²) in [6.07, 6.45) is 7.50. The molecule has 11 atom stereocenters. The predicted octanol–water partition coefficient (Wildman–Crippen LogP) is 6.20. The Morgan fingerprint density at radius 1 is 0.805 bits per heavy atom. The van der Waals surface area contributed by atoms with Gasteiger partial charge in [0, 0.05) is 135 Å². The average Bonchev–Trinajstić information content (AvgIpc) is 1.43. The Morgan fingerprint density at radius 2 is 1.50 bits per heavy atom. The number of esters is 1. The largest absolute Gasteiger partial charge is 0.507 e. The standard InChI is InChI=1S/C83H107N11O24/c1-43(2)66(90-59(97)20-13-12-14-30-85-60(98)42-113-38-37-112-36-34-94-61(99)25-26-62(94)100)80(108)89-55(19-16-31-86-81(84)109)79(107)87-52-23-21-51(22-24-52)41-114-82(110)88-53-27-32-93(33-28-53)54-39-56(96)67-58(40-54)117-76-68(91-67)63-64-72(103)49(8)75-65(63)77(105)83(10,118-75)115-35-29-57(111-11)46(5)74(116-50(9)95)48(7)71(102)47(6)70(101)44(3)17-15-18-45(4)78(106)92-69(76)73(64)104/h15,17-18,21-26,29,35,39-40,43-44,46-48,53,55,57,66,70-71,74,96,101-103H,12-14,16,19-20,27-28,30-34,36-38,41-42H2,1-11H3,(H,85,98)(H,87,107)(H,88,110)(H,89,108)(H,90,97)(H,92,106)(H3,84,86,109)/b17-15+,35-29+,45-18-/t44-,46+,47+,48+,55-,57-,66-,70-,71+,74+,83-/m0/s1. The van der Waals surface area contributed by atoms with Crippen LogP contribution in [-0.4, -0.2) is 210 Å². The number of aromatic nitrogens is 1. The van der Waals surface area contributed by atoms with Gasteiger partial charge in [0.2, 0.25) is 29.1 Å². The number of nitrogens with zero attached hydrogens (tertiary/aromatic N) is 3. The number of anilines is 3. The van der Waals surface area contributed by atoms with E-state index in [1.807, 2.05) is 4.90 Å². The predicted molar refractivity (Wildman–Crippen MR) is 431 cm³/mol. The van der Waals surface area contributed by atoms with Gasteiger partial charge in [-0.2, -0.15) is 0 Å². The second-order valence-electron chi connectivity index (χ2n) is 30.5. The smallest absolute Gasteiger partial charge is 0.407 e. The van der Waals surface area contributed by atoms with Crippen molar-refractivity contribution in [1.29, 1.82) is 0 Å². The molecule has 118 heavy (non-hydrogen) atoms. The molecule has 3 aromatic rings. The van der Waals surface area contributed by atoms with Crippen LogP contribution in [-0.2, 0) is 73.4 Å². The summed E-state index contributed by atoms with van der Waals surface area (Å²) in [6, 6.07) is 6.18. The highest BCUT2D eigenvalue weighted by Crippen LogP contribution is 2.51. The van der Waals surface area contributed by atoms with Crippen molar-refractivity contribution in [3.05, 3.63) is 112 Å². The Kier molecular flexibility index (Phi) is 31.4. The van der Waals surface area contributed by atoms with Crippen molar-refractivity contribution < 1.29 is 111 Å². The molecule has 1 saturated heterocycles. The number of unbranched alkanes of at least 4 members (excludes halogenated alkanes) is 2. The van der Waals surface area contributed by atoms with Crippen LogP contribution in [0.3, 0.4) is 0 Å². The number of phenols is 2. The summed E-state index contributed by atoms with van der Waals surface area (Å²) in [4.78, 5) is 166. The number of carbonyl (C=O) groups excluding carboxylic acids is 11. The quantitative estimate of drug-likeness (QED) is 0.00800. The maximum atomic E-state index is 15.2. The number of aromatic hydroxyl groups is 2. The van der Waals surface area contributed by atoms with Gasteiger partial charge in [-0.15, -0.1) is 0 Å². The van der Waals surface area contributed by atoms with Gasteiger partial charge in [0.25, 0.3) is 23.5 Å². The number of amides is 10. The lowest BCUT2D eigenvalue weighted by Crippen LogP contribution is -2.54. The molecular weight excluding hydrogens is 1530 g/mol.